The molecular weight excluding hydrogens is 654 g/mol. The second-order valence-electron chi connectivity index (χ2n) is 12.4. The van der Waals surface area contributed by atoms with Crippen molar-refractivity contribution in [1.82, 2.24) is 19.9 Å². The van der Waals surface area contributed by atoms with Crippen LogP contribution in [0.1, 0.15) is 48.4 Å². The predicted molar refractivity (Wildman–Crippen MR) is 195 cm³/mol. The minimum atomic E-state index is -1.02. The predicted octanol–water partition coefficient (Wildman–Crippen LogP) is 8.05. The Bertz CT molecular complexity index is 2240. The molecule has 0 aliphatic heterocycles. The van der Waals surface area contributed by atoms with Crippen LogP contribution in [0.3, 0.4) is 0 Å². The van der Waals surface area contributed by atoms with E-state index in [-0.39, 0.29) is 29.3 Å². The smallest absolute Gasteiger partial charge is 0.337 e. The number of hydrogen-bond acceptors (Lipinski definition) is 9. The van der Waals surface area contributed by atoms with Gasteiger partial charge in [-0.15, -0.1) is 0 Å². The van der Waals surface area contributed by atoms with Crippen LogP contribution < -0.4 is 9.80 Å². The number of carbonyl (C=O) groups is 2. The first-order valence-electron chi connectivity index (χ1n) is 16.2. The number of aromatic nitrogens is 4. The highest BCUT2D eigenvalue weighted by Gasteiger charge is 2.20. The van der Waals surface area contributed by atoms with Crippen LogP contribution in [-0.4, -0.2) is 70.3 Å². The minimum absolute atomic E-state index is 0.140. The summed E-state index contributed by atoms with van der Waals surface area (Å²) in [7, 11) is 5.13. The fourth-order valence-electron chi connectivity index (χ4n) is 5.11. The third kappa shape index (κ3) is 8.07. The molecule has 0 amide bonds. The second-order valence-corrected chi connectivity index (χ2v) is 12.4. The molecule has 2 heterocycles. The molecule has 0 fully saturated rings. The second kappa shape index (κ2) is 15.2. The number of aromatic carboxylic acids is 1. The van der Waals surface area contributed by atoms with Crippen molar-refractivity contribution in [1.29, 1.82) is 0 Å². The van der Waals surface area contributed by atoms with Crippen LogP contribution in [-0.2, 0) is 4.74 Å². The van der Waals surface area contributed by atoms with E-state index in [4.69, 9.17) is 14.7 Å². The van der Waals surface area contributed by atoms with E-state index < -0.39 is 11.9 Å². The number of rotatable bonds is 8. The molecule has 262 valence electrons. The van der Waals surface area contributed by atoms with Gasteiger partial charge in [0.15, 0.2) is 11.6 Å². The van der Waals surface area contributed by atoms with Gasteiger partial charge in [-0.25, -0.2) is 38.3 Å². The molecule has 0 aliphatic rings. The summed E-state index contributed by atoms with van der Waals surface area (Å²) in [5, 5.41) is 9.17. The highest BCUT2D eigenvalue weighted by Crippen LogP contribution is 2.32. The van der Waals surface area contributed by atoms with Crippen molar-refractivity contribution >= 4 is 45.6 Å². The molecule has 0 saturated carbocycles. The summed E-state index contributed by atoms with van der Waals surface area (Å²) in [6, 6.07) is 22.4. The Balaban J connectivity index is 0.000000198. The summed E-state index contributed by atoms with van der Waals surface area (Å²) >= 11 is 0. The molecule has 4 aromatic carbocycles. The van der Waals surface area contributed by atoms with E-state index in [0.717, 1.165) is 0 Å². The van der Waals surface area contributed by atoms with Gasteiger partial charge in [0, 0.05) is 37.3 Å². The van der Waals surface area contributed by atoms with Crippen LogP contribution in [0, 0.1) is 11.6 Å². The average Bonchev–Trinajstić information content (AvgIpc) is 3.12. The lowest BCUT2D eigenvalue weighted by atomic mass is 10.1. The topological polar surface area (TPSA) is 122 Å². The lowest BCUT2D eigenvalue weighted by molar-refractivity contribution is 0.0600. The number of carboxylic acids is 1. The summed E-state index contributed by atoms with van der Waals surface area (Å²) in [6.07, 6.45) is 0. The van der Waals surface area contributed by atoms with Crippen LogP contribution in [0.2, 0.25) is 0 Å². The molecule has 0 atom stereocenters. The molecule has 12 heteroatoms. The average molecular weight is 693 g/mol. The van der Waals surface area contributed by atoms with E-state index in [1.165, 1.54) is 43.5 Å². The molecule has 0 unspecified atom stereocenters. The van der Waals surface area contributed by atoms with Crippen molar-refractivity contribution in [3.8, 4) is 22.5 Å². The van der Waals surface area contributed by atoms with Gasteiger partial charge in [-0.3, -0.25) is 0 Å². The molecule has 0 saturated heterocycles. The number of fused-ring (bicyclic) bond motifs is 2. The van der Waals surface area contributed by atoms with Crippen LogP contribution in [0.15, 0.2) is 84.9 Å². The van der Waals surface area contributed by atoms with Gasteiger partial charge < -0.3 is 19.6 Å². The highest BCUT2D eigenvalue weighted by atomic mass is 19.1. The summed E-state index contributed by atoms with van der Waals surface area (Å²) in [5.74, 6) is -0.920. The normalized spacial score (nSPS) is 11.0. The minimum Gasteiger partial charge on any atom is -0.478 e. The fraction of sp³-hybridized carbons (Fsp3) is 0.231. The Morgan fingerprint density at radius 2 is 1.06 bits per heavy atom. The number of halogens is 2. The van der Waals surface area contributed by atoms with E-state index in [2.05, 4.69) is 9.97 Å². The highest BCUT2D eigenvalue weighted by molar-refractivity contribution is 5.95. The Hall–Kier alpha value is -6.04. The standard InChI is InChI=1S/C20H20FN3O2.C19H18FN3O2/c1-12(2)24(3)19-18(13-6-5-7-15(21)10-13)22-16-9-8-14(20(25)26-4)11-17(16)23-19;1-11(2)23(3)18-17(12-5-4-6-14(20)9-12)21-15-8-7-13(19(24)25)10-16(15)22-18/h5-12H,1-4H3;4-11H,1-3H3,(H,24,25). The largest absolute Gasteiger partial charge is 0.478 e. The van der Waals surface area contributed by atoms with E-state index in [0.29, 0.717) is 61.8 Å². The van der Waals surface area contributed by atoms with E-state index in [1.54, 1.807) is 48.5 Å². The first-order valence-corrected chi connectivity index (χ1v) is 16.2. The first kappa shape index (κ1) is 36.2. The molecule has 0 bridgehead atoms. The Morgan fingerprint density at radius 1 is 0.627 bits per heavy atom. The van der Waals surface area contributed by atoms with Gasteiger partial charge in [0.2, 0.25) is 0 Å². The van der Waals surface area contributed by atoms with Crippen LogP contribution >= 0.6 is 0 Å². The van der Waals surface area contributed by atoms with Crippen molar-refractivity contribution in [3.05, 3.63) is 108 Å². The Labute approximate surface area is 294 Å². The maximum absolute atomic E-state index is 13.7. The summed E-state index contributed by atoms with van der Waals surface area (Å²) in [6.45, 7) is 8.09. The molecule has 1 N–H and O–H groups in total. The zero-order chi connectivity index (χ0) is 37.0. The van der Waals surface area contributed by atoms with Crippen LogP contribution in [0.4, 0.5) is 20.4 Å². The first-order chi connectivity index (χ1) is 24.3. The van der Waals surface area contributed by atoms with Crippen molar-refractivity contribution in [2.45, 2.75) is 39.8 Å². The SMILES string of the molecule is CC(C)N(C)c1nc2cc(C(=O)O)ccc2nc1-c1cccc(F)c1.COC(=O)c1ccc2nc(-c3cccc(F)c3)c(N(C)C(C)C)nc2c1. The molecule has 6 rings (SSSR count). The Kier molecular flexibility index (Phi) is 10.8. The molecular formula is C39H38F2N6O4. The van der Waals surface area contributed by atoms with Gasteiger partial charge in [0.05, 0.1) is 40.3 Å². The van der Waals surface area contributed by atoms with E-state index in [9.17, 15) is 23.5 Å². The zero-order valence-corrected chi connectivity index (χ0v) is 29.3. The number of carbonyl (C=O) groups excluding carboxylic acids is 1. The van der Waals surface area contributed by atoms with Gasteiger partial charge in [0.25, 0.3) is 0 Å². The van der Waals surface area contributed by atoms with E-state index >= 15 is 0 Å². The monoisotopic (exact) mass is 692 g/mol. The number of hydrogen-bond donors (Lipinski definition) is 1. The lowest BCUT2D eigenvalue weighted by Gasteiger charge is -2.25. The molecule has 0 radical (unpaired) electrons. The fourth-order valence-corrected chi connectivity index (χ4v) is 5.11. The van der Waals surface area contributed by atoms with Crippen molar-refractivity contribution in [2.24, 2.45) is 0 Å². The summed E-state index contributed by atoms with van der Waals surface area (Å²) < 4.78 is 32.2. The molecule has 0 spiro atoms. The molecule has 2 aromatic heterocycles. The molecule has 6 aromatic rings. The maximum atomic E-state index is 13.7. The molecule has 10 nitrogen and oxygen atoms in total. The number of nitrogens with zero attached hydrogens (tertiary/aromatic N) is 6. The number of benzene rings is 4. The quantitative estimate of drug-likeness (QED) is 0.157. The lowest BCUT2D eigenvalue weighted by Crippen LogP contribution is -2.27. The van der Waals surface area contributed by atoms with Gasteiger partial charge in [-0.05, 0) is 88.4 Å². The molecule has 0 aliphatic carbocycles. The van der Waals surface area contributed by atoms with Crippen LogP contribution in [0.25, 0.3) is 44.6 Å². The number of ether oxygens (including phenoxy) is 1. The number of anilines is 2. The third-order valence-electron chi connectivity index (χ3n) is 8.37. The number of carboxylic acid groups (broad SMARTS) is 1. The van der Waals surface area contributed by atoms with Crippen molar-refractivity contribution in [2.75, 3.05) is 31.0 Å². The third-order valence-corrected chi connectivity index (χ3v) is 8.37. The zero-order valence-electron chi connectivity index (χ0n) is 29.3. The van der Waals surface area contributed by atoms with Crippen molar-refractivity contribution in [3.63, 3.8) is 0 Å². The molecule has 51 heavy (non-hydrogen) atoms. The van der Waals surface area contributed by atoms with E-state index in [1.807, 2.05) is 51.6 Å². The van der Waals surface area contributed by atoms with Gasteiger partial charge in [-0.2, -0.15) is 0 Å². The van der Waals surface area contributed by atoms with Crippen molar-refractivity contribution < 1.29 is 28.2 Å². The Morgan fingerprint density at radius 3 is 1.45 bits per heavy atom. The summed E-state index contributed by atoms with van der Waals surface area (Å²) in [4.78, 5) is 45.5. The number of methoxy groups -OCH3 is 1. The van der Waals surface area contributed by atoms with Gasteiger partial charge >= 0.3 is 11.9 Å². The van der Waals surface area contributed by atoms with Gasteiger partial charge in [0.1, 0.15) is 23.0 Å². The number of esters is 1. The van der Waals surface area contributed by atoms with Gasteiger partial charge in [-0.1, -0.05) is 24.3 Å². The van der Waals surface area contributed by atoms with Crippen LogP contribution in [0.5, 0.6) is 0 Å². The maximum Gasteiger partial charge on any atom is 0.337 e. The summed E-state index contributed by atoms with van der Waals surface area (Å²) in [5.41, 5.74) is 5.24.